The predicted molar refractivity (Wildman–Crippen MR) is 62.5 cm³/mol. The van der Waals surface area contributed by atoms with Gasteiger partial charge in [0.15, 0.2) is 0 Å². The van der Waals surface area contributed by atoms with E-state index in [9.17, 15) is 0 Å². The zero-order valence-corrected chi connectivity index (χ0v) is 9.17. The third-order valence-corrected chi connectivity index (χ3v) is 2.49. The minimum absolute atomic E-state index is 0.123. The Kier molecular flexibility index (Phi) is 2.87. The molecule has 0 spiro atoms. The molecule has 0 saturated heterocycles. The lowest BCUT2D eigenvalue weighted by atomic mass is 10.1. The first kappa shape index (κ1) is 10.6. The van der Waals surface area contributed by atoms with Gasteiger partial charge >= 0.3 is 0 Å². The summed E-state index contributed by atoms with van der Waals surface area (Å²) in [4.78, 5) is 8.17. The summed E-state index contributed by atoms with van der Waals surface area (Å²) in [6, 6.07) is 3.63. The number of nitrogens with two attached hydrogens (primary N) is 2. The van der Waals surface area contributed by atoms with Crippen molar-refractivity contribution in [2.45, 2.75) is 12.5 Å². The van der Waals surface area contributed by atoms with Crippen LogP contribution in [0.5, 0.6) is 0 Å². The van der Waals surface area contributed by atoms with Gasteiger partial charge in [0.05, 0.1) is 6.04 Å². The average Bonchev–Trinajstić information content (AvgIpc) is 2.64. The van der Waals surface area contributed by atoms with Crippen LogP contribution in [-0.2, 0) is 13.5 Å². The number of nitrogens with zero attached hydrogens (tertiary/aromatic N) is 3. The SMILES string of the molecule is Cn1ccnc1C(N)Cc1ccnc(N)c1. The molecule has 84 valence electrons. The number of hydrogen-bond acceptors (Lipinski definition) is 4. The van der Waals surface area contributed by atoms with Gasteiger partial charge in [0, 0.05) is 25.6 Å². The molecule has 0 aliphatic heterocycles. The molecule has 2 heterocycles. The summed E-state index contributed by atoms with van der Waals surface area (Å²) >= 11 is 0. The first-order chi connectivity index (χ1) is 7.66. The summed E-state index contributed by atoms with van der Waals surface area (Å²) in [5.41, 5.74) is 12.8. The standard InChI is InChI=1S/C11H15N5/c1-16-5-4-15-11(16)9(12)6-8-2-3-14-10(13)7-8/h2-5,7,9H,6,12H2,1H3,(H2,13,14). The summed E-state index contributed by atoms with van der Waals surface area (Å²) in [6.07, 6.45) is 6.03. The fourth-order valence-electron chi connectivity index (χ4n) is 1.70. The van der Waals surface area contributed by atoms with E-state index >= 15 is 0 Å². The Labute approximate surface area is 94.1 Å². The topological polar surface area (TPSA) is 82.8 Å². The van der Waals surface area contributed by atoms with Crippen LogP contribution < -0.4 is 11.5 Å². The maximum atomic E-state index is 6.08. The van der Waals surface area contributed by atoms with Crippen LogP contribution in [0.15, 0.2) is 30.7 Å². The Morgan fingerprint density at radius 1 is 1.38 bits per heavy atom. The Balaban J connectivity index is 2.14. The number of aryl methyl sites for hydroxylation is 1. The van der Waals surface area contributed by atoms with Crippen LogP contribution in [-0.4, -0.2) is 14.5 Å². The van der Waals surface area contributed by atoms with Crippen LogP contribution in [0.1, 0.15) is 17.4 Å². The molecule has 1 unspecified atom stereocenters. The van der Waals surface area contributed by atoms with Crippen molar-refractivity contribution >= 4 is 5.82 Å². The van der Waals surface area contributed by atoms with Crippen molar-refractivity contribution in [3.8, 4) is 0 Å². The highest BCUT2D eigenvalue weighted by Crippen LogP contribution is 2.14. The Hall–Kier alpha value is -1.88. The molecule has 2 aromatic heterocycles. The summed E-state index contributed by atoms with van der Waals surface area (Å²) < 4.78 is 1.93. The molecule has 2 rings (SSSR count). The molecular weight excluding hydrogens is 202 g/mol. The van der Waals surface area contributed by atoms with Gasteiger partial charge in [-0.3, -0.25) is 0 Å². The number of hydrogen-bond donors (Lipinski definition) is 2. The van der Waals surface area contributed by atoms with Crippen molar-refractivity contribution < 1.29 is 0 Å². The van der Waals surface area contributed by atoms with Gasteiger partial charge in [-0.05, 0) is 24.1 Å². The third kappa shape index (κ3) is 2.20. The van der Waals surface area contributed by atoms with E-state index in [4.69, 9.17) is 11.5 Å². The summed E-state index contributed by atoms with van der Waals surface area (Å²) in [5, 5.41) is 0. The summed E-state index contributed by atoms with van der Waals surface area (Å²) in [6.45, 7) is 0. The van der Waals surface area contributed by atoms with Crippen molar-refractivity contribution in [2.75, 3.05) is 5.73 Å². The van der Waals surface area contributed by atoms with E-state index in [0.29, 0.717) is 12.2 Å². The van der Waals surface area contributed by atoms with Crippen molar-refractivity contribution in [1.82, 2.24) is 14.5 Å². The van der Waals surface area contributed by atoms with Crippen LogP contribution in [0.3, 0.4) is 0 Å². The van der Waals surface area contributed by atoms with Crippen molar-refractivity contribution in [1.29, 1.82) is 0 Å². The van der Waals surface area contributed by atoms with Crippen molar-refractivity contribution in [3.05, 3.63) is 42.1 Å². The molecule has 16 heavy (non-hydrogen) atoms. The molecule has 5 nitrogen and oxygen atoms in total. The van der Waals surface area contributed by atoms with Gasteiger partial charge in [-0.25, -0.2) is 9.97 Å². The van der Waals surface area contributed by atoms with Gasteiger partial charge in [0.2, 0.25) is 0 Å². The predicted octanol–water partition coefficient (Wildman–Crippen LogP) is 0.640. The maximum Gasteiger partial charge on any atom is 0.125 e. The third-order valence-electron chi connectivity index (χ3n) is 2.49. The smallest absolute Gasteiger partial charge is 0.125 e. The van der Waals surface area contributed by atoms with Crippen LogP contribution in [0.2, 0.25) is 0 Å². The van der Waals surface area contributed by atoms with Gasteiger partial charge in [-0.15, -0.1) is 0 Å². The van der Waals surface area contributed by atoms with E-state index in [1.54, 1.807) is 12.4 Å². The molecule has 5 heteroatoms. The molecule has 4 N–H and O–H groups in total. The summed E-state index contributed by atoms with van der Waals surface area (Å²) in [5.74, 6) is 1.39. The fraction of sp³-hybridized carbons (Fsp3) is 0.273. The van der Waals surface area contributed by atoms with Crippen LogP contribution >= 0.6 is 0 Å². The highest BCUT2D eigenvalue weighted by molar-refractivity contribution is 5.32. The number of anilines is 1. The lowest BCUT2D eigenvalue weighted by Crippen LogP contribution is -2.17. The molecule has 0 radical (unpaired) electrons. The molecule has 0 saturated carbocycles. The number of imidazole rings is 1. The number of aromatic nitrogens is 3. The number of nitrogen functional groups attached to an aromatic ring is 1. The first-order valence-corrected chi connectivity index (χ1v) is 5.10. The Morgan fingerprint density at radius 2 is 2.19 bits per heavy atom. The van der Waals surface area contributed by atoms with Gasteiger partial charge in [0.25, 0.3) is 0 Å². The minimum atomic E-state index is -0.123. The summed E-state index contributed by atoms with van der Waals surface area (Å²) in [7, 11) is 1.93. The monoisotopic (exact) mass is 217 g/mol. The molecule has 0 aliphatic carbocycles. The van der Waals surface area contributed by atoms with E-state index in [-0.39, 0.29) is 6.04 Å². The van der Waals surface area contributed by atoms with E-state index in [0.717, 1.165) is 11.4 Å². The second-order valence-electron chi connectivity index (χ2n) is 3.80. The van der Waals surface area contributed by atoms with E-state index < -0.39 is 0 Å². The lowest BCUT2D eigenvalue weighted by Gasteiger charge is -2.11. The molecule has 2 aromatic rings. The van der Waals surface area contributed by atoms with E-state index in [1.807, 2.05) is 29.9 Å². The van der Waals surface area contributed by atoms with Crippen LogP contribution in [0.4, 0.5) is 5.82 Å². The normalized spacial score (nSPS) is 12.6. The first-order valence-electron chi connectivity index (χ1n) is 5.10. The van der Waals surface area contributed by atoms with Gasteiger partial charge in [-0.1, -0.05) is 0 Å². The molecule has 0 aromatic carbocycles. The van der Waals surface area contributed by atoms with Gasteiger partial charge in [0.1, 0.15) is 11.6 Å². The van der Waals surface area contributed by atoms with Crippen molar-refractivity contribution in [2.24, 2.45) is 12.8 Å². The second kappa shape index (κ2) is 4.32. The molecular formula is C11H15N5. The molecule has 0 amide bonds. The van der Waals surface area contributed by atoms with Crippen LogP contribution in [0, 0.1) is 0 Å². The second-order valence-corrected chi connectivity index (χ2v) is 3.80. The Bertz CT molecular complexity index is 477. The highest BCUT2D eigenvalue weighted by atomic mass is 15.1. The van der Waals surface area contributed by atoms with E-state index in [2.05, 4.69) is 9.97 Å². The molecule has 1 atom stereocenters. The van der Waals surface area contributed by atoms with Gasteiger partial charge in [-0.2, -0.15) is 0 Å². The fourth-order valence-corrected chi connectivity index (χ4v) is 1.70. The molecule has 0 bridgehead atoms. The number of rotatable bonds is 3. The van der Waals surface area contributed by atoms with Gasteiger partial charge < -0.3 is 16.0 Å². The maximum absolute atomic E-state index is 6.08. The Morgan fingerprint density at radius 3 is 2.81 bits per heavy atom. The molecule has 0 fully saturated rings. The average molecular weight is 217 g/mol. The quantitative estimate of drug-likeness (QED) is 0.790. The lowest BCUT2D eigenvalue weighted by molar-refractivity contribution is 0.632. The number of pyridine rings is 1. The highest BCUT2D eigenvalue weighted by Gasteiger charge is 2.11. The zero-order valence-electron chi connectivity index (χ0n) is 9.17. The largest absolute Gasteiger partial charge is 0.384 e. The van der Waals surface area contributed by atoms with Crippen LogP contribution in [0.25, 0.3) is 0 Å². The minimum Gasteiger partial charge on any atom is -0.384 e. The van der Waals surface area contributed by atoms with Crippen molar-refractivity contribution in [3.63, 3.8) is 0 Å². The zero-order chi connectivity index (χ0) is 11.5. The molecule has 0 aliphatic rings. The van der Waals surface area contributed by atoms with E-state index in [1.165, 1.54) is 0 Å².